The number of rotatable bonds is 6. The molecule has 0 atom stereocenters. The van der Waals surface area contributed by atoms with Gasteiger partial charge in [-0.1, -0.05) is 23.7 Å². The maximum absolute atomic E-state index is 11.6. The van der Waals surface area contributed by atoms with Crippen LogP contribution in [0.15, 0.2) is 47.5 Å². The van der Waals surface area contributed by atoms with E-state index in [9.17, 15) is 4.79 Å². The highest BCUT2D eigenvalue weighted by molar-refractivity contribution is 6.32. The predicted molar refractivity (Wildman–Crippen MR) is 102 cm³/mol. The summed E-state index contributed by atoms with van der Waals surface area (Å²) < 4.78 is 5.10. The zero-order valence-corrected chi connectivity index (χ0v) is 14.9. The van der Waals surface area contributed by atoms with Gasteiger partial charge < -0.3 is 21.1 Å². The van der Waals surface area contributed by atoms with Crippen LogP contribution in [0.2, 0.25) is 5.02 Å². The average Bonchev–Trinajstić information content (AvgIpc) is 2.61. The third-order valence-corrected chi connectivity index (χ3v) is 3.82. The summed E-state index contributed by atoms with van der Waals surface area (Å²) in [4.78, 5) is 15.9. The minimum absolute atomic E-state index is 0.108. The number of nitrogens with zero attached hydrogens (tertiary/aromatic N) is 1. The van der Waals surface area contributed by atoms with E-state index in [1.807, 2.05) is 18.2 Å². The molecule has 0 radical (unpaired) electrons. The van der Waals surface area contributed by atoms with E-state index in [1.165, 1.54) is 0 Å². The van der Waals surface area contributed by atoms with Gasteiger partial charge in [-0.25, -0.2) is 0 Å². The van der Waals surface area contributed by atoms with Crippen molar-refractivity contribution in [3.05, 3.63) is 58.6 Å². The molecule has 0 aliphatic heterocycles. The van der Waals surface area contributed by atoms with Crippen LogP contribution < -0.4 is 21.1 Å². The Balaban J connectivity index is 1.93. The Labute approximate surface area is 152 Å². The lowest BCUT2D eigenvalue weighted by Gasteiger charge is -2.08. The fourth-order valence-corrected chi connectivity index (χ4v) is 2.51. The molecule has 0 aromatic heterocycles. The van der Waals surface area contributed by atoms with Gasteiger partial charge in [0.15, 0.2) is 5.96 Å². The van der Waals surface area contributed by atoms with Crippen molar-refractivity contribution < 1.29 is 9.53 Å². The van der Waals surface area contributed by atoms with E-state index >= 15 is 0 Å². The molecule has 6 nitrogen and oxygen atoms in total. The second-order valence-electron chi connectivity index (χ2n) is 5.27. The van der Waals surface area contributed by atoms with Crippen molar-refractivity contribution in [2.45, 2.75) is 6.42 Å². The maximum Gasteiger partial charge on any atom is 0.251 e. The zero-order valence-electron chi connectivity index (χ0n) is 14.2. The van der Waals surface area contributed by atoms with Crippen molar-refractivity contribution in [2.75, 3.05) is 26.0 Å². The van der Waals surface area contributed by atoms with Crippen molar-refractivity contribution in [3.8, 4) is 5.75 Å². The largest absolute Gasteiger partial charge is 0.495 e. The Kier molecular flexibility index (Phi) is 6.65. The molecule has 0 fully saturated rings. The van der Waals surface area contributed by atoms with Gasteiger partial charge in [-0.05, 0) is 42.3 Å². The fraction of sp³-hybridized carbons (Fsp3) is 0.222. The standard InChI is InChI=1S/C18H21ClN4O2/c1-21-17(24)13-5-3-4-12(10-13)8-9-22-18(20)23-14-6-7-16(25-2)15(19)11-14/h3-7,10-11H,8-9H2,1-2H3,(H,21,24)(H3,20,22,23). The molecule has 7 heteroatoms. The van der Waals surface area contributed by atoms with Gasteiger partial charge in [-0.3, -0.25) is 9.79 Å². The van der Waals surface area contributed by atoms with Gasteiger partial charge in [-0.2, -0.15) is 0 Å². The quantitative estimate of drug-likeness (QED) is 0.546. The minimum Gasteiger partial charge on any atom is -0.495 e. The van der Waals surface area contributed by atoms with Crippen LogP contribution in [0.1, 0.15) is 15.9 Å². The van der Waals surface area contributed by atoms with Gasteiger partial charge in [0, 0.05) is 24.8 Å². The number of benzene rings is 2. The number of amides is 1. The summed E-state index contributed by atoms with van der Waals surface area (Å²) >= 11 is 6.07. The number of methoxy groups -OCH3 is 1. The smallest absolute Gasteiger partial charge is 0.251 e. The van der Waals surface area contributed by atoms with Crippen LogP contribution >= 0.6 is 11.6 Å². The molecule has 1 amide bonds. The number of carbonyl (C=O) groups is 1. The highest BCUT2D eigenvalue weighted by Gasteiger charge is 2.04. The SMILES string of the molecule is CNC(=O)c1cccc(CCN=C(N)Nc2ccc(OC)c(Cl)c2)c1. The summed E-state index contributed by atoms with van der Waals surface area (Å²) in [6.45, 7) is 0.500. The highest BCUT2D eigenvalue weighted by Crippen LogP contribution is 2.26. The first kappa shape index (κ1) is 18.6. The Bertz CT molecular complexity index is 777. The van der Waals surface area contributed by atoms with Crippen LogP contribution in [0, 0.1) is 0 Å². The number of carbonyl (C=O) groups excluding carboxylic acids is 1. The molecule has 2 aromatic rings. The predicted octanol–water partition coefficient (Wildman–Crippen LogP) is 2.68. The van der Waals surface area contributed by atoms with Crippen molar-refractivity contribution in [2.24, 2.45) is 10.7 Å². The van der Waals surface area contributed by atoms with Gasteiger partial charge in [0.25, 0.3) is 5.91 Å². The molecule has 0 heterocycles. The van der Waals surface area contributed by atoms with Crippen LogP contribution in [0.25, 0.3) is 0 Å². The Morgan fingerprint density at radius 1 is 1.28 bits per heavy atom. The lowest BCUT2D eigenvalue weighted by atomic mass is 10.1. The topological polar surface area (TPSA) is 88.7 Å². The van der Waals surface area contributed by atoms with Gasteiger partial charge in [0.05, 0.1) is 12.1 Å². The number of halogens is 1. The molecule has 2 rings (SSSR count). The van der Waals surface area contributed by atoms with Crippen molar-refractivity contribution in [3.63, 3.8) is 0 Å². The molecule has 0 unspecified atom stereocenters. The molecule has 0 aliphatic rings. The lowest BCUT2D eigenvalue weighted by Crippen LogP contribution is -2.23. The van der Waals surface area contributed by atoms with Crippen LogP contribution in [-0.2, 0) is 6.42 Å². The number of guanidine groups is 1. The first-order valence-electron chi connectivity index (χ1n) is 7.75. The number of aliphatic imine (C=N–C) groups is 1. The van der Waals surface area contributed by atoms with Crippen LogP contribution in [0.5, 0.6) is 5.75 Å². The van der Waals surface area contributed by atoms with Gasteiger partial charge in [0.1, 0.15) is 5.75 Å². The Morgan fingerprint density at radius 3 is 2.76 bits per heavy atom. The van der Waals surface area contributed by atoms with Gasteiger partial charge in [0.2, 0.25) is 0 Å². The Morgan fingerprint density at radius 2 is 2.08 bits per heavy atom. The number of nitrogens with one attached hydrogen (secondary N) is 2. The number of ether oxygens (including phenoxy) is 1. The molecular formula is C18H21ClN4O2. The molecule has 0 bridgehead atoms. The molecule has 25 heavy (non-hydrogen) atoms. The number of nitrogens with two attached hydrogens (primary N) is 1. The third-order valence-electron chi connectivity index (χ3n) is 3.52. The van der Waals surface area contributed by atoms with Crippen LogP contribution in [0.3, 0.4) is 0 Å². The lowest BCUT2D eigenvalue weighted by molar-refractivity contribution is 0.0963. The van der Waals surface area contributed by atoms with E-state index in [2.05, 4.69) is 15.6 Å². The van der Waals surface area contributed by atoms with Gasteiger partial charge in [-0.15, -0.1) is 0 Å². The average molecular weight is 361 g/mol. The summed E-state index contributed by atoms with van der Waals surface area (Å²) in [7, 11) is 3.17. The number of hydrogen-bond acceptors (Lipinski definition) is 3. The molecular weight excluding hydrogens is 340 g/mol. The minimum atomic E-state index is -0.108. The van der Waals surface area contributed by atoms with Crippen LogP contribution in [0.4, 0.5) is 5.69 Å². The molecule has 0 saturated heterocycles. The van der Waals surface area contributed by atoms with E-state index in [4.69, 9.17) is 22.1 Å². The monoisotopic (exact) mass is 360 g/mol. The summed E-state index contributed by atoms with van der Waals surface area (Å²) in [6, 6.07) is 12.7. The summed E-state index contributed by atoms with van der Waals surface area (Å²) in [5, 5.41) is 6.08. The second-order valence-corrected chi connectivity index (χ2v) is 5.68. The second kappa shape index (κ2) is 8.94. The fourth-order valence-electron chi connectivity index (χ4n) is 2.25. The third kappa shape index (κ3) is 5.39. The first-order chi connectivity index (χ1) is 12.0. The number of anilines is 1. The molecule has 0 aliphatic carbocycles. The first-order valence-corrected chi connectivity index (χ1v) is 8.12. The summed E-state index contributed by atoms with van der Waals surface area (Å²) in [5.41, 5.74) is 8.27. The van der Waals surface area contributed by atoms with E-state index in [0.717, 1.165) is 11.3 Å². The number of hydrogen-bond donors (Lipinski definition) is 3. The van der Waals surface area contributed by atoms with Crippen LogP contribution in [-0.4, -0.2) is 32.6 Å². The van der Waals surface area contributed by atoms with E-state index < -0.39 is 0 Å². The molecule has 132 valence electrons. The molecule has 0 saturated carbocycles. The molecule has 0 spiro atoms. The molecule has 2 aromatic carbocycles. The van der Waals surface area contributed by atoms with Crippen molar-refractivity contribution in [1.29, 1.82) is 0 Å². The Hall–Kier alpha value is -2.73. The van der Waals surface area contributed by atoms with Crippen molar-refractivity contribution in [1.82, 2.24) is 5.32 Å². The maximum atomic E-state index is 11.6. The molecule has 4 N–H and O–H groups in total. The summed E-state index contributed by atoms with van der Waals surface area (Å²) in [5.74, 6) is 0.783. The van der Waals surface area contributed by atoms with E-state index in [0.29, 0.717) is 35.3 Å². The van der Waals surface area contributed by atoms with E-state index in [1.54, 1.807) is 38.4 Å². The van der Waals surface area contributed by atoms with Crippen molar-refractivity contribution >= 4 is 29.2 Å². The summed E-state index contributed by atoms with van der Waals surface area (Å²) in [6.07, 6.45) is 0.677. The van der Waals surface area contributed by atoms with Gasteiger partial charge >= 0.3 is 0 Å². The zero-order chi connectivity index (χ0) is 18.2. The highest BCUT2D eigenvalue weighted by atomic mass is 35.5. The normalized spacial score (nSPS) is 11.1. The van der Waals surface area contributed by atoms with E-state index in [-0.39, 0.29) is 5.91 Å².